The molecule has 19 heavy (non-hydrogen) atoms. The molecule has 0 unspecified atom stereocenters. The lowest BCUT2D eigenvalue weighted by Crippen LogP contribution is -2.14. The molecule has 0 aliphatic rings. The summed E-state index contributed by atoms with van der Waals surface area (Å²) in [6, 6.07) is 6.23. The Morgan fingerprint density at radius 3 is 2.74 bits per heavy atom. The molecule has 98 valence electrons. The second-order valence-corrected chi connectivity index (χ2v) is 5.13. The van der Waals surface area contributed by atoms with Crippen molar-refractivity contribution < 1.29 is 9.18 Å². The Hall–Kier alpha value is -1.17. The summed E-state index contributed by atoms with van der Waals surface area (Å²) in [5.41, 5.74) is 0.160. The molecule has 0 radical (unpaired) electrons. The molecule has 1 aromatic heterocycles. The highest BCUT2D eigenvalue weighted by atomic mass is 79.9. The summed E-state index contributed by atoms with van der Waals surface area (Å²) in [6.07, 6.45) is 1.29. The number of hydrogen-bond acceptors (Lipinski definition) is 2. The van der Waals surface area contributed by atoms with Crippen molar-refractivity contribution in [2.75, 3.05) is 5.32 Å². The monoisotopic (exact) mass is 362 g/mol. The van der Waals surface area contributed by atoms with Gasteiger partial charge in [-0.05, 0) is 34.1 Å². The molecule has 1 heterocycles. The van der Waals surface area contributed by atoms with E-state index in [1.165, 1.54) is 12.3 Å². The molecule has 0 spiro atoms. The van der Waals surface area contributed by atoms with Crippen molar-refractivity contribution in [1.29, 1.82) is 0 Å². The van der Waals surface area contributed by atoms with Gasteiger partial charge in [0.05, 0.1) is 16.3 Å². The number of nitrogens with one attached hydrogen (secondary N) is 1. The third-order valence-electron chi connectivity index (χ3n) is 2.28. The quantitative estimate of drug-likeness (QED) is 0.795. The van der Waals surface area contributed by atoms with Crippen LogP contribution in [0, 0.1) is 5.82 Å². The largest absolute Gasteiger partial charge is 0.319 e. The van der Waals surface area contributed by atoms with Gasteiger partial charge in [-0.2, -0.15) is 0 Å². The SMILES string of the molecule is O=C(Nc1ccnc(Cl)c1F)c1c(Cl)cccc1Br. The maximum atomic E-state index is 13.6. The molecule has 3 nitrogen and oxygen atoms in total. The number of halogens is 4. The highest BCUT2D eigenvalue weighted by molar-refractivity contribution is 9.10. The lowest BCUT2D eigenvalue weighted by Gasteiger charge is -2.09. The van der Waals surface area contributed by atoms with Crippen molar-refractivity contribution >= 4 is 50.7 Å². The van der Waals surface area contributed by atoms with Crippen molar-refractivity contribution in [3.8, 4) is 0 Å². The maximum absolute atomic E-state index is 13.6. The third-order valence-corrected chi connectivity index (χ3v) is 3.52. The van der Waals surface area contributed by atoms with Gasteiger partial charge in [0.2, 0.25) is 0 Å². The first kappa shape index (κ1) is 14.2. The number of anilines is 1. The molecule has 0 aliphatic heterocycles. The highest BCUT2D eigenvalue weighted by Crippen LogP contribution is 2.27. The van der Waals surface area contributed by atoms with Gasteiger partial charge in [-0.25, -0.2) is 9.37 Å². The summed E-state index contributed by atoms with van der Waals surface area (Å²) in [5, 5.41) is 2.34. The first-order valence-electron chi connectivity index (χ1n) is 5.06. The zero-order valence-electron chi connectivity index (χ0n) is 9.25. The molecular formula is C12H6BrCl2FN2O. The van der Waals surface area contributed by atoms with E-state index in [4.69, 9.17) is 23.2 Å². The van der Waals surface area contributed by atoms with Crippen LogP contribution in [0.15, 0.2) is 34.9 Å². The van der Waals surface area contributed by atoms with Gasteiger partial charge in [-0.3, -0.25) is 4.79 Å². The predicted octanol–water partition coefficient (Wildman–Crippen LogP) is 4.54. The summed E-state index contributed by atoms with van der Waals surface area (Å²) in [4.78, 5) is 15.6. The van der Waals surface area contributed by atoms with Gasteiger partial charge in [-0.1, -0.05) is 29.3 Å². The van der Waals surface area contributed by atoms with E-state index < -0.39 is 11.7 Å². The van der Waals surface area contributed by atoms with Gasteiger partial charge in [0.25, 0.3) is 5.91 Å². The summed E-state index contributed by atoms with van der Waals surface area (Å²) >= 11 is 14.7. The van der Waals surface area contributed by atoms with Crippen LogP contribution in [-0.2, 0) is 0 Å². The number of rotatable bonds is 2. The van der Waals surface area contributed by atoms with Gasteiger partial charge >= 0.3 is 0 Å². The van der Waals surface area contributed by atoms with E-state index >= 15 is 0 Å². The minimum atomic E-state index is -0.791. The van der Waals surface area contributed by atoms with Crippen LogP contribution in [0.1, 0.15) is 10.4 Å². The normalized spacial score (nSPS) is 10.3. The molecule has 0 aliphatic carbocycles. The molecule has 1 amide bonds. The first-order valence-corrected chi connectivity index (χ1v) is 6.61. The fourth-order valence-electron chi connectivity index (χ4n) is 1.41. The minimum absolute atomic E-state index is 0.0585. The Kier molecular flexibility index (Phi) is 4.39. The number of pyridine rings is 1. The number of hydrogen-bond donors (Lipinski definition) is 1. The third kappa shape index (κ3) is 3.05. The van der Waals surface area contributed by atoms with Crippen molar-refractivity contribution in [1.82, 2.24) is 4.98 Å². The van der Waals surface area contributed by atoms with Crippen LogP contribution in [0.2, 0.25) is 10.2 Å². The van der Waals surface area contributed by atoms with E-state index in [9.17, 15) is 9.18 Å². The molecule has 0 bridgehead atoms. The molecule has 0 atom stereocenters. The average Bonchev–Trinajstić information content (AvgIpc) is 2.35. The van der Waals surface area contributed by atoms with Gasteiger partial charge < -0.3 is 5.32 Å². The number of benzene rings is 1. The number of aromatic nitrogens is 1. The van der Waals surface area contributed by atoms with Crippen LogP contribution >= 0.6 is 39.1 Å². The maximum Gasteiger partial charge on any atom is 0.258 e. The highest BCUT2D eigenvalue weighted by Gasteiger charge is 2.16. The van der Waals surface area contributed by atoms with Crippen LogP contribution < -0.4 is 5.32 Å². The lowest BCUT2D eigenvalue weighted by molar-refractivity contribution is 0.102. The Morgan fingerprint density at radius 1 is 1.32 bits per heavy atom. The van der Waals surface area contributed by atoms with E-state index in [2.05, 4.69) is 26.2 Å². The first-order chi connectivity index (χ1) is 9.00. The molecule has 0 fully saturated rings. The predicted molar refractivity (Wildman–Crippen MR) is 76.3 cm³/mol. The van der Waals surface area contributed by atoms with Crippen molar-refractivity contribution in [3.63, 3.8) is 0 Å². The number of carbonyl (C=O) groups is 1. The Balaban J connectivity index is 2.34. The van der Waals surface area contributed by atoms with E-state index in [1.807, 2.05) is 0 Å². The Bertz CT molecular complexity index is 631. The molecule has 2 aromatic rings. The Morgan fingerprint density at radius 2 is 2.05 bits per heavy atom. The summed E-state index contributed by atoms with van der Waals surface area (Å²) in [7, 11) is 0. The van der Waals surface area contributed by atoms with Gasteiger partial charge in [-0.15, -0.1) is 0 Å². The Labute approximate surface area is 126 Å². The number of amides is 1. The van der Waals surface area contributed by atoms with Gasteiger partial charge in [0.1, 0.15) is 0 Å². The average molecular weight is 364 g/mol. The van der Waals surface area contributed by atoms with Crippen LogP contribution in [0.5, 0.6) is 0 Å². The number of nitrogens with zero attached hydrogens (tertiary/aromatic N) is 1. The van der Waals surface area contributed by atoms with E-state index in [-0.39, 0.29) is 21.4 Å². The fraction of sp³-hybridized carbons (Fsp3) is 0. The summed E-state index contributed by atoms with van der Waals surface area (Å²) in [5.74, 6) is -1.33. The zero-order valence-corrected chi connectivity index (χ0v) is 12.4. The van der Waals surface area contributed by atoms with Crippen LogP contribution in [0.4, 0.5) is 10.1 Å². The summed E-state index contributed by atoms with van der Waals surface area (Å²) in [6.45, 7) is 0. The molecule has 2 rings (SSSR count). The smallest absolute Gasteiger partial charge is 0.258 e. The van der Waals surface area contributed by atoms with Gasteiger partial charge in [0, 0.05) is 10.7 Å². The second kappa shape index (κ2) is 5.86. The molecule has 1 aromatic carbocycles. The topological polar surface area (TPSA) is 42.0 Å². The second-order valence-electron chi connectivity index (χ2n) is 3.51. The number of carbonyl (C=O) groups excluding carboxylic acids is 1. The van der Waals surface area contributed by atoms with Crippen molar-refractivity contribution in [2.24, 2.45) is 0 Å². The molecule has 0 saturated heterocycles. The minimum Gasteiger partial charge on any atom is -0.319 e. The molecular weight excluding hydrogens is 358 g/mol. The van der Waals surface area contributed by atoms with Gasteiger partial charge in [0.15, 0.2) is 11.0 Å². The van der Waals surface area contributed by atoms with Crippen LogP contribution in [0.25, 0.3) is 0 Å². The lowest BCUT2D eigenvalue weighted by atomic mass is 10.2. The van der Waals surface area contributed by atoms with E-state index in [0.29, 0.717) is 4.47 Å². The summed E-state index contributed by atoms with van der Waals surface area (Å²) < 4.78 is 14.1. The van der Waals surface area contributed by atoms with Crippen molar-refractivity contribution in [3.05, 3.63) is 56.5 Å². The molecule has 7 heteroatoms. The standard InChI is InChI=1S/C12H6BrCl2FN2O/c13-6-2-1-3-7(14)9(6)12(19)18-8-4-5-17-11(15)10(8)16/h1-5H,(H,17,18,19). The van der Waals surface area contributed by atoms with Crippen LogP contribution in [-0.4, -0.2) is 10.9 Å². The van der Waals surface area contributed by atoms with E-state index in [0.717, 1.165) is 0 Å². The molecule has 0 saturated carbocycles. The van der Waals surface area contributed by atoms with E-state index in [1.54, 1.807) is 18.2 Å². The van der Waals surface area contributed by atoms with Crippen molar-refractivity contribution in [2.45, 2.75) is 0 Å². The fourth-order valence-corrected chi connectivity index (χ4v) is 2.49. The zero-order chi connectivity index (χ0) is 14.0. The van der Waals surface area contributed by atoms with Crippen LogP contribution in [0.3, 0.4) is 0 Å². The molecule has 1 N–H and O–H groups in total.